The Kier molecular flexibility index (Phi) is 4.49. The van der Waals surface area contributed by atoms with Crippen LogP contribution in [0.4, 0.5) is 0 Å². The molecule has 0 spiro atoms. The van der Waals surface area contributed by atoms with Crippen LogP contribution >= 0.6 is 0 Å². The molecule has 128 valence electrons. The molecule has 2 fully saturated rings. The summed E-state index contributed by atoms with van der Waals surface area (Å²) in [5, 5.41) is 11.1. The lowest BCUT2D eigenvalue weighted by atomic mass is 10.2. The summed E-state index contributed by atoms with van der Waals surface area (Å²) < 4.78 is 1.84. The molecule has 2 aromatic rings. The highest BCUT2D eigenvalue weighted by Gasteiger charge is 2.35. The highest BCUT2D eigenvalue weighted by Crippen LogP contribution is 2.27. The van der Waals surface area contributed by atoms with Crippen molar-refractivity contribution in [2.75, 3.05) is 13.1 Å². The highest BCUT2D eigenvalue weighted by atomic mass is 16.1. The van der Waals surface area contributed by atoms with E-state index in [1.54, 1.807) is 6.20 Å². The first-order valence-electron chi connectivity index (χ1n) is 8.72. The van der Waals surface area contributed by atoms with Crippen LogP contribution in [0.3, 0.4) is 0 Å². The third-order valence-corrected chi connectivity index (χ3v) is 4.68. The maximum absolute atomic E-state index is 12.2. The second kappa shape index (κ2) is 7.08. The molecule has 1 N–H and O–H groups in total. The van der Waals surface area contributed by atoms with E-state index >= 15 is 0 Å². The lowest BCUT2D eigenvalue weighted by Gasteiger charge is -2.18. The van der Waals surface area contributed by atoms with Gasteiger partial charge in [0.25, 0.3) is 5.91 Å². The summed E-state index contributed by atoms with van der Waals surface area (Å²) in [4.78, 5) is 14.5. The van der Waals surface area contributed by atoms with Gasteiger partial charge in [-0.15, -0.1) is 5.10 Å². The Morgan fingerprint density at radius 2 is 2.08 bits per heavy atom. The van der Waals surface area contributed by atoms with Gasteiger partial charge in [-0.2, -0.15) is 0 Å². The van der Waals surface area contributed by atoms with Crippen LogP contribution in [0.15, 0.2) is 42.7 Å². The van der Waals surface area contributed by atoms with Crippen LogP contribution in [0.5, 0.6) is 0 Å². The predicted octanol–water partition coefficient (Wildman–Crippen LogP) is 1.23. The fourth-order valence-corrected chi connectivity index (χ4v) is 3.24. The van der Waals surface area contributed by atoms with Gasteiger partial charge in [-0.05, 0) is 24.3 Å². The Hall–Kier alpha value is -2.65. The average Bonchev–Trinajstić information content (AvgIpc) is 3.13. The first-order chi connectivity index (χ1) is 12.3. The summed E-state index contributed by atoms with van der Waals surface area (Å²) in [5.41, 5.74) is 1.26. The summed E-state index contributed by atoms with van der Waals surface area (Å²) >= 11 is 0. The van der Waals surface area contributed by atoms with E-state index in [9.17, 15) is 4.79 Å². The number of hydrogen-bond donors (Lipinski definition) is 1. The number of nitrogens with zero attached hydrogens (tertiary/aromatic N) is 4. The second-order valence-electron chi connectivity index (χ2n) is 6.75. The Bertz CT molecular complexity index is 773. The van der Waals surface area contributed by atoms with Crippen molar-refractivity contribution in [2.24, 2.45) is 5.92 Å². The minimum Gasteiger partial charge on any atom is -0.339 e. The highest BCUT2D eigenvalue weighted by molar-refractivity contribution is 5.93. The third kappa shape index (κ3) is 4.06. The minimum atomic E-state index is -0.191. The Morgan fingerprint density at radius 3 is 2.80 bits per heavy atom. The molecule has 0 unspecified atom stereocenters. The van der Waals surface area contributed by atoms with Crippen LogP contribution in [0.1, 0.15) is 24.4 Å². The van der Waals surface area contributed by atoms with Crippen molar-refractivity contribution >= 4 is 5.91 Å². The summed E-state index contributed by atoms with van der Waals surface area (Å²) in [6, 6.07) is 10.4. The molecule has 2 heterocycles. The van der Waals surface area contributed by atoms with E-state index < -0.39 is 0 Å². The number of amides is 1. The van der Waals surface area contributed by atoms with Gasteiger partial charge < -0.3 is 5.32 Å². The van der Waals surface area contributed by atoms with Crippen LogP contribution in [-0.2, 0) is 11.3 Å². The summed E-state index contributed by atoms with van der Waals surface area (Å²) in [5.74, 6) is 5.99. The van der Waals surface area contributed by atoms with Gasteiger partial charge in [-0.1, -0.05) is 41.5 Å². The molecule has 1 saturated carbocycles. The Morgan fingerprint density at radius 1 is 1.24 bits per heavy atom. The molecule has 1 aliphatic carbocycles. The number of rotatable bonds is 4. The molecule has 6 nitrogen and oxygen atoms in total. The number of benzene rings is 1. The maximum atomic E-state index is 12.2. The third-order valence-electron chi connectivity index (χ3n) is 4.68. The van der Waals surface area contributed by atoms with Crippen LogP contribution in [0, 0.1) is 17.8 Å². The van der Waals surface area contributed by atoms with Crippen molar-refractivity contribution in [3.8, 4) is 11.8 Å². The number of likely N-dealkylation sites (tertiary alicyclic amines) is 1. The number of hydrogen-bond acceptors (Lipinski definition) is 4. The fourth-order valence-electron chi connectivity index (χ4n) is 3.24. The topological polar surface area (TPSA) is 63.1 Å². The molecule has 1 aromatic heterocycles. The van der Waals surface area contributed by atoms with Gasteiger partial charge in [0, 0.05) is 31.7 Å². The van der Waals surface area contributed by atoms with Crippen LogP contribution in [0.2, 0.25) is 0 Å². The van der Waals surface area contributed by atoms with Crippen molar-refractivity contribution in [3.63, 3.8) is 0 Å². The Labute approximate surface area is 147 Å². The van der Waals surface area contributed by atoms with Gasteiger partial charge >= 0.3 is 0 Å². The normalized spacial score (nSPS) is 23.0. The van der Waals surface area contributed by atoms with Gasteiger partial charge in [0.1, 0.15) is 0 Å². The molecule has 2 atom stereocenters. The van der Waals surface area contributed by atoms with Crippen molar-refractivity contribution < 1.29 is 4.79 Å². The minimum absolute atomic E-state index is 0.0218. The van der Waals surface area contributed by atoms with Gasteiger partial charge in [-0.25, -0.2) is 4.68 Å². The molecule has 1 saturated heterocycles. The molecule has 6 heteroatoms. The fraction of sp³-hybridized carbons (Fsp3) is 0.421. The zero-order chi connectivity index (χ0) is 17.1. The molecule has 0 radical (unpaired) electrons. The van der Waals surface area contributed by atoms with E-state index in [2.05, 4.69) is 44.5 Å². The SMILES string of the molecule is O=C(C#CC1CC1)N[C@@H]1CN(Cc2ccccc2)C[C@@H]1n1ccnn1. The van der Waals surface area contributed by atoms with Gasteiger partial charge in [0.2, 0.25) is 0 Å². The molecule has 25 heavy (non-hydrogen) atoms. The molecule has 1 aliphatic heterocycles. The zero-order valence-corrected chi connectivity index (χ0v) is 14.0. The molecule has 1 amide bonds. The first kappa shape index (κ1) is 15.9. The van der Waals surface area contributed by atoms with E-state index in [0.717, 1.165) is 32.5 Å². The quantitative estimate of drug-likeness (QED) is 0.854. The monoisotopic (exact) mass is 335 g/mol. The summed E-state index contributed by atoms with van der Waals surface area (Å²) in [7, 11) is 0. The predicted molar refractivity (Wildman–Crippen MR) is 93.2 cm³/mol. The van der Waals surface area contributed by atoms with Crippen molar-refractivity contribution in [1.82, 2.24) is 25.2 Å². The largest absolute Gasteiger partial charge is 0.339 e. The van der Waals surface area contributed by atoms with Crippen LogP contribution < -0.4 is 5.32 Å². The second-order valence-corrected chi connectivity index (χ2v) is 6.75. The molecular formula is C19H21N5O. The lowest BCUT2D eigenvalue weighted by Crippen LogP contribution is -2.41. The standard InChI is InChI=1S/C19H21N5O/c25-19(9-8-15-6-7-15)21-17-13-23(12-16-4-2-1-3-5-16)14-18(17)24-11-10-20-22-24/h1-5,10-11,15,17-18H,6-7,12-14H2,(H,21,25)/t17-,18+/m1/s1. The maximum Gasteiger partial charge on any atom is 0.296 e. The van der Waals surface area contributed by atoms with Gasteiger partial charge in [0.15, 0.2) is 0 Å². The van der Waals surface area contributed by atoms with Crippen molar-refractivity contribution in [1.29, 1.82) is 0 Å². The molecule has 0 bridgehead atoms. The summed E-state index contributed by atoms with van der Waals surface area (Å²) in [6.45, 7) is 2.45. The molecule has 2 aliphatic rings. The number of nitrogens with one attached hydrogen (secondary N) is 1. The van der Waals surface area contributed by atoms with Crippen molar-refractivity contribution in [2.45, 2.75) is 31.5 Å². The molecule has 1 aromatic carbocycles. The summed E-state index contributed by atoms with van der Waals surface area (Å²) in [6.07, 6.45) is 5.77. The van der Waals surface area contributed by atoms with E-state index in [1.165, 1.54) is 5.56 Å². The zero-order valence-electron chi connectivity index (χ0n) is 14.0. The molecular weight excluding hydrogens is 314 g/mol. The average molecular weight is 335 g/mol. The van der Waals surface area contributed by atoms with Crippen LogP contribution in [0.25, 0.3) is 0 Å². The van der Waals surface area contributed by atoms with E-state index in [0.29, 0.717) is 5.92 Å². The molecule has 4 rings (SSSR count). The first-order valence-corrected chi connectivity index (χ1v) is 8.72. The van der Waals surface area contributed by atoms with Gasteiger partial charge in [0.05, 0.1) is 18.3 Å². The number of aromatic nitrogens is 3. The Balaban J connectivity index is 1.45. The number of carbonyl (C=O) groups is 1. The number of carbonyl (C=O) groups excluding carboxylic acids is 1. The van der Waals surface area contributed by atoms with E-state index in [4.69, 9.17) is 0 Å². The van der Waals surface area contributed by atoms with E-state index in [1.807, 2.05) is 29.1 Å². The van der Waals surface area contributed by atoms with Crippen LogP contribution in [-0.4, -0.2) is 44.9 Å². The van der Waals surface area contributed by atoms with Gasteiger partial charge in [-0.3, -0.25) is 9.69 Å². The smallest absolute Gasteiger partial charge is 0.296 e. The van der Waals surface area contributed by atoms with E-state index in [-0.39, 0.29) is 18.0 Å². The lowest BCUT2D eigenvalue weighted by molar-refractivity contribution is -0.116. The van der Waals surface area contributed by atoms with Crippen molar-refractivity contribution in [3.05, 3.63) is 48.3 Å².